The second-order valence-electron chi connectivity index (χ2n) is 4.58. The van der Waals surface area contributed by atoms with Crippen molar-refractivity contribution in [2.75, 3.05) is 7.05 Å². The van der Waals surface area contributed by atoms with Crippen LogP contribution in [0.5, 0.6) is 0 Å². The number of sulfonamides is 1. The minimum absolute atomic E-state index is 0.0526. The third-order valence-corrected chi connectivity index (χ3v) is 5.33. The van der Waals surface area contributed by atoms with Crippen LogP contribution < -0.4 is 0 Å². The third kappa shape index (κ3) is 3.42. The minimum Gasteiger partial charge on any atom is -0.294 e. The minimum atomic E-state index is -3.53. The second-order valence-corrected chi connectivity index (χ2v) is 6.58. The van der Waals surface area contributed by atoms with Gasteiger partial charge in [-0.05, 0) is 25.5 Å². The summed E-state index contributed by atoms with van der Waals surface area (Å²) >= 11 is 0. The van der Waals surface area contributed by atoms with E-state index < -0.39 is 10.0 Å². The molecule has 0 amide bonds. The molecule has 0 heterocycles. The number of rotatable bonds is 6. The van der Waals surface area contributed by atoms with Crippen LogP contribution in [-0.2, 0) is 10.0 Å². The second kappa shape index (κ2) is 6.30. The van der Waals surface area contributed by atoms with Crippen LogP contribution in [0.2, 0.25) is 0 Å². The van der Waals surface area contributed by atoms with E-state index >= 15 is 0 Å². The Morgan fingerprint density at radius 2 is 1.95 bits per heavy atom. The first kappa shape index (κ1) is 15.9. The molecule has 1 rings (SSSR count). The highest BCUT2D eigenvalue weighted by molar-refractivity contribution is 7.89. The first-order chi connectivity index (χ1) is 8.84. The molecule has 5 heteroatoms. The molecule has 0 radical (unpaired) electrons. The summed E-state index contributed by atoms with van der Waals surface area (Å²) < 4.78 is 26.2. The summed E-state index contributed by atoms with van der Waals surface area (Å²) in [5, 5.41) is 0. The first-order valence-corrected chi connectivity index (χ1v) is 7.89. The summed E-state index contributed by atoms with van der Waals surface area (Å²) in [5.74, 6) is -0.0526. The molecule has 1 unspecified atom stereocenters. The molecule has 0 aliphatic carbocycles. The van der Waals surface area contributed by atoms with Crippen LogP contribution in [-0.4, -0.2) is 31.6 Å². The zero-order chi connectivity index (χ0) is 14.6. The fraction of sp³-hybridized carbons (Fsp3) is 0.500. The Balaban J connectivity index is 3.19. The van der Waals surface area contributed by atoms with E-state index in [4.69, 9.17) is 0 Å². The monoisotopic (exact) mass is 283 g/mol. The molecule has 0 saturated heterocycles. The van der Waals surface area contributed by atoms with Crippen molar-refractivity contribution in [2.24, 2.45) is 0 Å². The van der Waals surface area contributed by atoms with Crippen LogP contribution in [0, 0.1) is 0 Å². The van der Waals surface area contributed by atoms with E-state index in [0.29, 0.717) is 12.0 Å². The van der Waals surface area contributed by atoms with Gasteiger partial charge in [0.2, 0.25) is 10.0 Å². The molecule has 0 spiro atoms. The highest BCUT2D eigenvalue weighted by Gasteiger charge is 2.24. The summed E-state index contributed by atoms with van der Waals surface area (Å²) in [6.45, 7) is 5.56. The number of carbonyl (C=O) groups is 1. The summed E-state index contributed by atoms with van der Waals surface area (Å²) in [5.41, 5.74) is 0.445. The molecule has 19 heavy (non-hydrogen) atoms. The van der Waals surface area contributed by atoms with Gasteiger partial charge in [0.15, 0.2) is 5.78 Å². The van der Waals surface area contributed by atoms with Gasteiger partial charge in [0.1, 0.15) is 0 Å². The van der Waals surface area contributed by atoms with E-state index in [1.54, 1.807) is 26.1 Å². The lowest BCUT2D eigenvalue weighted by Crippen LogP contribution is -2.34. The van der Waals surface area contributed by atoms with Crippen molar-refractivity contribution in [2.45, 2.75) is 44.6 Å². The highest BCUT2D eigenvalue weighted by atomic mass is 32.2. The molecule has 4 nitrogen and oxygen atoms in total. The summed E-state index contributed by atoms with van der Waals surface area (Å²) in [6, 6.07) is 6.17. The normalized spacial score (nSPS) is 13.5. The Hall–Kier alpha value is -1.20. The Morgan fingerprint density at radius 3 is 2.47 bits per heavy atom. The fourth-order valence-corrected chi connectivity index (χ4v) is 3.18. The fourth-order valence-electron chi connectivity index (χ4n) is 1.69. The van der Waals surface area contributed by atoms with Gasteiger partial charge in [-0.15, -0.1) is 0 Å². The lowest BCUT2D eigenvalue weighted by Gasteiger charge is -2.23. The van der Waals surface area contributed by atoms with Crippen LogP contribution in [0.15, 0.2) is 29.2 Å². The zero-order valence-electron chi connectivity index (χ0n) is 11.9. The Morgan fingerprint density at radius 1 is 1.32 bits per heavy atom. The smallest absolute Gasteiger partial charge is 0.243 e. The molecular formula is C14H21NO3S. The van der Waals surface area contributed by atoms with E-state index in [1.165, 1.54) is 16.4 Å². The SMILES string of the molecule is CCC(=O)c1cccc(S(=O)(=O)N(C)C(C)CC)c1. The largest absolute Gasteiger partial charge is 0.294 e. The zero-order valence-corrected chi connectivity index (χ0v) is 12.7. The van der Waals surface area contributed by atoms with Gasteiger partial charge in [0.05, 0.1) is 4.90 Å². The van der Waals surface area contributed by atoms with Crippen LogP contribution >= 0.6 is 0 Å². The number of ketones is 1. The maximum Gasteiger partial charge on any atom is 0.243 e. The van der Waals surface area contributed by atoms with Gasteiger partial charge in [-0.3, -0.25) is 4.79 Å². The van der Waals surface area contributed by atoms with Crippen molar-refractivity contribution in [3.63, 3.8) is 0 Å². The molecule has 1 aromatic carbocycles. The van der Waals surface area contributed by atoms with E-state index in [-0.39, 0.29) is 16.7 Å². The first-order valence-electron chi connectivity index (χ1n) is 6.45. The number of hydrogen-bond acceptors (Lipinski definition) is 3. The van der Waals surface area contributed by atoms with Crippen LogP contribution in [0.4, 0.5) is 0 Å². The molecule has 1 atom stereocenters. The topological polar surface area (TPSA) is 54.5 Å². The quantitative estimate of drug-likeness (QED) is 0.754. The molecule has 0 aromatic heterocycles. The predicted octanol–water partition coefficient (Wildman–Crippen LogP) is 2.70. The van der Waals surface area contributed by atoms with Crippen molar-refractivity contribution in [1.29, 1.82) is 0 Å². The van der Waals surface area contributed by atoms with Gasteiger partial charge in [0.25, 0.3) is 0 Å². The molecule has 0 saturated carbocycles. The van der Waals surface area contributed by atoms with Gasteiger partial charge in [-0.1, -0.05) is 26.0 Å². The van der Waals surface area contributed by atoms with Crippen molar-refractivity contribution in [3.8, 4) is 0 Å². The van der Waals surface area contributed by atoms with Crippen LogP contribution in [0.25, 0.3) is 0 Å². The lowest BCUT2D eigenvalue weighted by molar-refractivity contribution is 0.0988. The van der Waals surface area contributed by atoms with Gasteiger partial charge in [0, 0.05) is 25.1 Å². The Bertz CT molecular complexity index is 552. The molecule has 0 N–H and O–H groups in total. The molecule has 0 aliphatic rings. The molecule has 1 aromatic rings. The number of Topliss-reactive ketones (excluding diaryl/α,β-unsaturated/α-hetero) is 1. The van der Waals surface area contributed by atoms with Gasteiger partial charge >= 0.3 is 0 Å². The Labute approximate surface area is 115 Å². The van der Waals surface area contributed by atoms with Crippen LogP contribution in [0.3, 0.4) is 0 Å². The number of nitrogens with zero attached hydrogens (tertiary/aromatic N) is 1. The summed E-state index contributed by atoms with van der Waals surface area (Å²) in [7, 11) is -1.97. The number of carbonyl (C=O) groups excluding carboxylic acids is 1. The van der Waals surface area contributed by atoms with Gasteiger partial charge < -0.3 is 0 Å². The lowest BCUT2D eigenvalue weighted by atomic mass is 10.1. The van der Waals surface area contributed by atoms with Crippen molar-refractivity contribution in [1.82, 2.24) is 4.31 Å². The van der Waals surface area contributed by atoms with Crippen LogP contribution in [0.1, 0.15) is 44.0 Å². The van der Waals surface area contributed by atoms with Crippen molar-refractivity contribution < 1.29 is 13.2 Å². The van der Waals surface area contributed by atoms with Gasteiger partial charge in [-0.25, -0.2) is 8.42 Å². The number of benzene rings is 1. The molecular weight excluding hydrogens is 262 g/mol. The molecule has 0 bridgehead atoms. The number of hydrogen-bond donors (Lipinski definition) is 0. The maximum atomic E-state index is 12.4. The van der Waals surface area contributed by atoms with E-state index in [1.807, 2.05) is 13.8 Å². The van der Waals surface area contributed by atoms with E-state index in [2.05, 4.69) is 0 Å². The average molecular weight is 283 g/mol. The van der Waals surface area contributed by atoms with E-state index in [0.717, 1.165) is 6.42 Å². The molecule has 106 valence electrons. The summed E-state index contributed by atoms with van der Waals surface area (Å²) in [4.78, 5) is 11.8. The third-order valence-electron chi connectivity index (χ3n) is 3.37. The Kier molecular flexibility index (Phi) is 5.26. The van der Waals surface area contributed by atoms with Gasteiger partial charge in [-0.2, -0.15) is 4.31 Å². The van der Waals surface area contributed by atoms with E-state index in [9.17, 15) is 13.2 Å². The standard InChI is InChI=1S/C14H21NO3S/c1-5-11(3)15(4)19(17,18)13-9-7-8-12(10-13)14(16)6-2/h7-11H,5-6H2,1-4H3. The molecule has 0 fully saturated rings. The average Bonchev–Trinajstić information content (AvgIpc) is 2.44. The maximum absolute atomic E-state index is 12.4. The predicted molar refractivity (Wildman–Crippen MR) is 75.8 cm³/mol. The summed E-state index contributed by atoms with van der Waals surface area (Å²) in [6.07, 6.45) is 1.11. The van der Waals surface area contributed by atoms with Crippen molar-refractivity contribution in [3.05, 3.63) is 29.8 Å². The molecule has 0 aliphatic heterocycles. The van der Waals surface area contributed by atoms with Crippen molar-refractivity contribution >= 4 is 15.8 Å². The highest BCUT2D eigenvalue weighted by Crippen LogP contribution is 2.19.